The van der Waals surface area contributed by atoms with Crippen LogP contribution in [0.15, 0.2) is 42.7 Å². The van der Waals surface area contributed by atoms with E-state index >= 15 is 4.39 Å². The Hall–Kier alpha value is -3.08. The molecule has 230 valence electrons. The van der Waals surface area contributed by atoms with Gasteiger partial charge in [0.2, 0.25) is 5.91 Å². The van der Waals surface area contributed by atoms with Gasteiger partial charge in [-0.15, -0.1) is 0 Å². The molecule has 0 spiro atoms. The Morgan fingerprint density at radius 3 is 2.33 bits per heavy atom. The Kier molecular flexibility index (Phi) is 9.02. The first-order valence-electron chi connectivity index (χ1n) is 14.2. The summed E-state index contributed by atoms with van der Waals surface area (Å²) in [5.74, 6) is -4.92. The summed E-state index contributed by atoms with van der Waals surface area (Å²) in [7, 11) is -1.89. The number of halogens is 3. The van der Waals surface area contributed by atoms with Crippen molar-refractivity contribution in [2.75, 3.05) is 11.9 Å². The van der Waals surface area contributed by atoms with Crippen LogP contribution in [-0.2, 0) is 19.9 Å². The van der Waals surface area contributed by atoms with Crippen LogP contribution in [0, 0.1) is 11.7 Å². The van der Waals surface area contributed by atoms with Gasteiger partial charge >= 0.3 is 6.09 Å². The van der Waals surface area contributed by atoms with Gasteiger partial charge in [-0.1, -0.05) is 18.9 Å². The number of thiol groups is 1. The summed E-state index contributed by atoms with van der Waals surface area (Å²) in [5.41, 5.74) is 0.281. The highest BCUT2D eigenvalue weighted by molar-refractivity contribution is 7.86. The Morgan fingerprint density at radius 2 is 1.76 bits per heavy atom. The molecule has 2 amide bonds. The lowest BCUT2D eigenvalue weighted by molar-refractivity contribution is -0.120. The maximum Gasteiger partial charge on any atom is 0.411 e. The Balaban J connectivity index is 1.70. The normalized spacial score (nSPS) is 20.5. The number of aromatic nitrogens is 1. The van der Waals surface area contributed by atoms with Crippen LogP contribution < -0.4 is 5.32 Å². The fourth-order valence-corrected chi connectivity index (χ4v) is 6.72. The van der Waals surface area contributed by atoms with E-state index in [0.29, 0.717) is 22.8 Å². The zero-order chi connectivity index (χ0) is 31.0. The number of nitrogens with one attached hydrogen (secondary N) is 1. The molecule has 1 aromatic carbocycles. The Labute approximate surface area is 247 Å². The van der Waals surface area contributed by atoms with Crippen molar-refractivity contribution in [1.29, 1.82) is 0 Å². The number of carbonyl (C=O) groups is 2. The molecule has 11 heteroatoms. The van der Waals surface area contributed by atoms with Crippen LogP contribution in [0.5, 0.6) is 0 Å². The molecule has 0 bridgehead atoms. The molecule has 2 heterocycles. The summed E-state index contributed by atoms with van der Waals surface area (Å²) >= 11 is 0. The van der Waals surface area contributed by atoms with E-state index in [0.717, 1.165) is 23.3 Å². The summed E-state index contributed by atoms with van der Waals surface area (Å²) in [5, 5.41) is 2.45. The van der Waals surface area contributed by atoms with Crippen molar-refractivity contribution in [3.8, 4) is 0 Å². The second-order valence-corrected chi connectivity index (χ2v) is 15.6. The number of ether oxygens (including phenoxy) is 1. The molecule has 42 heavy (non-hydrogen) atoms. The number of carbonyl (C=O) groups excluding carboxylic acids is 2. The number of alkyl halides is 2. The predicted molar refractivity (Wildman–Crippen MR) is 159 cm³/mol. The average Bonchev–Trinajstić information content (AvgIpc) is 3.64. The standard InChI is InChI=1S/C31H40F3N3O4S/c1-29(2,3)41-28(39)37-18-31(33,34)17-25(37)27(38)36-24-16-21(9-10-23(24)32)22(15-19-7-8-19)26(42(40)30(4,5)6)20-11-13-35-14-12-20/h9-14,16,19,22,25,42H,7-8,15,17-18H2,1-6H3,(H,36,38)/t22?,25-/m1/s1. The van der Waals surface area contributed by atoms with Gasteiger partial charge in [-0.2, -0.15) is 0 Å². The molecular formula is C31H40F3N3O4S. The van der Waals surface area contributed by atoms with Crippen LogP contribution in [-0.4, -0.2) is 59.8 Å². The van der Waals surface area contributed by atoms with E-state index in [1.54, 1.807) is 39.2 Å². The van der Waals surface area contributed by atoms with Crippen molar-refractivity contribution in [2.45, 2.75) is 95.5 Å². The number of hydrogen-bond donors (Lipinski definition) is 2. The number of nitrogens with zero attached hydrogens (tertiary/aromatic N) is 2. The summed E-state index contributed by atoms with van der Waals surface area (Å²) in [6, 6.07) is 6.39. The van der Waals surface area contributed by atoms with Gasteiger partial charge in [0, 0.05) is 34.3 Å². The Bertz CT molecular complexity index is 1410. The van der Waals surface area contributed by atoms with Crippen LogP contribution in [0.3, 0.4) is 0 Å². The molecule has 2 fully saturated rings. The van der Waals surface area contributed by atoms with Crippen molar-refractivity contribution in [2.24, 2.45) is 5.92 Å². The maximum atomic E-state index is 15.1. The molecule has 1 saturated heterocycles. The number of benzene rings is 1. The maximum absolute atomic E-state index is 15.1. The van der Waals surface area contributed by atoms with Crippen LogP contribution in [0.1, 0.15) is 84.3 Å². The highest BCUT2D eigenvalue weighted by Gasteiger charge is 2.51. The number of hydrogen-bond acceptors (Lipinski definition) is 5. The van der Waals surface area contributed by atoms with E-state index in [1.165, 1.54) is 12.1 Å². The van der Waals surface area contributed by atoms with E-state index in [2.05, 4.69) is 10.3 Å². The van der Waals surface area contributed by atoms with Gasteiger partial charge in [-0.25, -0.2) is 18.0 Å². The molecular weight excluding hydrogens is 567 g/mol. The average molecular weight is 608 g/mol. The van der Waals surface area contributed by atoms with Gasteiger partial charge < -0.3 is 10.1 Å². The zero-order valence-electron chi connectivity index (χ0n) is 24.9. The lowest BCUT2D eigenvalue weighted by Crippen LogP contribution is -2.45. The quantitative estimate of drug-likeness (QED) is 0.223. The smallest absolute Gasteiger partial charge is 0.411 e. The molecule has 7 nitrogen and oxygen atoms in total. The van der Waals surface area contributed by atoms with Crippen LogP contribution in [0.25, 0.3) is 0 Å². The second kappa shape index (κ2) is 11.9. The first-order chi connectivity index (χ1) is 19.4. The molecule has 4 rings (SSSR count). The summed E-state index contributed by atoms with van der Waals surface area (Å²) < 4.78 is 62.6. The van der Waals surface area contributed by atoms with E-state index in [1.807, 2.05) is 32.9 Å². The van der Waals surface area contributed by atoms with Gasteiger partial charge in [0.25, 0.3) is 5.92 Å². The van der Waals surface area contributed by atoms with E-state index in [-0.39, 0.29) is 11.6 Å². The molecule has 2 aromatic rings. The number of likely N-dealkylation sites (tertiary alicyclic amines) is 1. The third-order valence-corrected chi connectivity index (χ3v) is 9.48. The van der Waals surface area contributed by atoms with Crippen molar-refractivity contribution in [3.05, 3.63) is 59.7 Å². The van der Waals surface area contributed by atoms with Crippen LogP contribution in [0.4, 0.5) is 23.7 Å². The monoisotopic (exact) mass is 607 g/mol. The minimum atomic E-state index is -3.30. The van der Waals surface area contributed by atoms with Gasteiger partial charge in [-0.3, -0.25) is 18.9 Å². The van der Waals surface area contributed by atoms with E-state index < -0.39 is 63.5 Å². The lowest BCUT2D eigenvalue weighted by atomic mass is 9.87. The first-order valence-corrected chi connectivity index (χ1v) is 15.4. The molecule has 1 aromatic heterocycles. The molecule has 1 saturated carbocycles. The number of anilines is 1. The molecule has 1 N–H and O–H groups in total. The van der Waals surface area contributed by atoms with E-state index in [9.17, 15) is 22.6 Å². The van der Waals surface area contributed by atoms with Gasteiger partial charge in [0.1, 0.15) is 17.5 Å². The SMILES string of the molecule is CC(C)(C)OC(=O)N1CC(F)(F)C[C@@H]1C(=O)Nc1cc(C(CC2CC2)/C(c2ccncc2)=[SH](=O)\C(C)(C)C)ccc1F. The van der Waals surface area contributed by atoms with Crippen molar-refractivity contribution in [1.82, 2.24) is 9.88 Å². The topological polar surface area (TPSA) is 88.6 Å². The summed E-state index contributed by atoms with van der Waals surface area (Å²) in [6.07, 6.45) is 4.09. The molecule has 2 aliphatic rings. The minimum Gasteiger partial charge on any atom is -0.444 e. The largest absolute Gasteiger partial charge is 0.444 e. The fraction of sp³-hybridized carbons (Fsp3) is 0.548. The number of amides is 2. The highest BCUT2D eigenvalue weighted by Crippen LogP contribution is 2.41. The first kappa shape index (κ1) is 31.8. The number of pyridine rings is 1. The third kappa shape index (κ3) is 7.85. The molecule has 1 aliphatic heterocycles. The van der Waals surface area contributed by atoms with Gasteiger partial charge in [0.05, 0.1) is 12.2 Å². The van der Waals surface area contributed by atoms with Gasteiger partial charge in [-0.05, 0) is 99.7 Å². The minimum absolute atomic E-state index is 0.197. The van der Waals surface area contributed by atoms with Crippen molar-refractivity contribution in [3.63, 3.8) is 0 Å². The van der Waals surface area contributed by atoms with E-state index in [4.69, 9.17) is 4.74 Å². The van der Waals surface area contributed by atoms with Gasteiger partial charge in [0.15, 0.2) is 0 Å². The third-order valence-electron chi connectivity index (χ3n) is 7.25. The molecule has 0 radical (unpaired) electrons. The highest BCUT2D eigenvalue weighted by atomic mass is 32.2. The molecule has 1 aliphatic carbocycles. The van der Waals surface area contributed by atoms with Crippen LogP contribution >= 0.6 is 0 Å². The predicted octanol–water partition coefficient (Wildman–Crippen LogP) is 6.19. The molecule has 2 unspecified atom stereocenters. The Morgan fingerprint density at radius 1 is 1.12 bits per heavy atom. The lowest BCUT2D eigenvalue weighted by Gasteiger charge is -2.28. The number of rotatable bonds is 7. The second-order valence-electron chi connectivity index (χ2n) is 13.2. The van der Waals surface area contributed by atoms with Crippen molar-refractivity contribution >= 4 is 32.9 Å². The molecule has 3 atom stereocenters. The fourth-order valence-electron chi connectivity index (χ4n) is 5.07. The zero-order valence-corrected chi connectivity index (χ0v) is 25.8. The summed E-state index contributed by atoms with van der Waals surface area (Å²) in [6.45, 7) is 9.53. The van der Waals surface area contributed by atoms with Crippen LogP contribution in [0.2, 0.25) is 0 Å². The summed E-state index contributed by atoms with van der Waals surface area (Å²) in [4.78, 5) is 31.5. The van der Waals surface area contributed by atoms with Crippen molar-refractivity contribution < 1.29 is 31.7 Å².